The van der Waals surface area contributed by atoms with Gasteiger partial charge in [-0.05, 0) is 48.9 Å². The maximum absolute atomic E-state index is 13.0. The van der Waals surface area contributed by atoms with E-state index in [1.807, 2.05) is 0 Å². The molecular formula is C11H10FN5OS2. The van der Waals surface area contributed by atoms with Gasteiger partial charge in [0.15, 0.2) is 5.11 Å². The SMILES string of the molecule is Cc1nnsc1C(=O)NNC(=S)Nc1cccc(F)c1. The van der Waals surface area contributed by atoms with Gasteiger partial charge >= 0.3 is 0 Å². The predicted molar refractivity (Wildman–Crippen MR) is 77.9 cm³/mol. The average Bonchev–Trinajstić information content (AvgIpc) is 2.82. The number of halogens is 1. The maximum Gasteiger partial charge on any atom is 0.283 e. The summed E-state index contributed by atoms with van der Waals surface area (Å²) in [6.07, 6.45) is 0. The molecule has 6 nitrogen and oxygen atoms in total. The highest BCUT2D eigenvalue weighted by Crippen LogP contribution is 2.09. The molecule has 0 fully saturated rings. The van der Waals surface area contributed by atoms with Crippen LogP contribution in [0, 0.1) is 12.7 Å². The Hall–Kier alpha value is -2.13. The molecule has 1 heterocycles. The van der Waals surface area contributed by atoms with E-state index in [0.717, 1.165) is 11.5 Å². The molecule has 0 atom stereocenters. The van der Waals surface area contributed by atoms with Gasteiger partial charge in [-0.3, -0.25) is 15.6 Å². The first-order valence-electron chi connectivity index (χ1n) is 5.48. The van der Waals surface area contributed by atoms with Crippen LogP contribution in [-0.2, 0) is 0 Å². The zero-order valence-corrected chi connectivity index (χ0v) is 11.9. The molecule has 20 heavy (non-hydrogen) atoms. The van der Waals surface area contributed by atoms with Gasteiger partial charge in [0, 0.05) is 5.69 Å². The summed E-state index contributed by atoms with van der Waals surface area (Å²) < 4.78 is 16.6. The minimum Gasteiger partial charge on any atom is -0.331 e. The van der Waals surface area contributed by atoms with Crippen molar-refractivity contribution in [1.82, 2.24) is 20.4 Å². The Balaban J connectivity index is 1.87. The summed E-state index contributed by atoms with van der Waals surface area (Å²) in [5.74, 6) is -0.769. The van der Waals surface area contributed by atoms with Gasteiger partial charge in [-0.1, -0.05) is 10.6 Å². The number of benzene rings is 1. The summed E-state index contributed by atoms with van der Waals surface area (Å²) in [4.78, 5) is 12.1. The summed E-state index contributed by atoms with van der Waals surface area (Å²) >= 11 is 5.96. The van der Waals surface area contributed by atoms with Crippen LogP contribution in [0.2, 0.25) is 0 Å². The largest absolute Gasteiger partial charge is 0.331 e. The molecule has 0 spiro atoms. The van der Waals surface area contributed by atoms with E-state index in [1.165, 1.54) is 12.1 Å². The lowest BCUT2D eigenvalue weighted by Crippen LogP contribution is -2.43. The van der Waals surface area contributed by atoms with Crippen molar-refractivity contribution in [3.63, 3.8) is 0 Å². The second-order valence-corrected chi connectivity index (χ2v) is 4.89. The Kier molecular flexibility index (Phi) is 4.53. The number of nitrogens with zero attached hydrogens (tertiary/aromatic N) is 2. The first-order valence-corrected chi connectivity index (χ1v) is 6.66. The lowest BCUT2D eigenvalue weighted by Gasteiger charge is -2.10. The zero-order valence-electron chi connectivity index (χ0n) is 10.3. The molecule has 1 amide bonds. The standard InChI is InChI=1S/C11H10FN5OS2/c1-6-9(20-17-14-6)10(18)15-16-11(19)13-8-4-2-3-7(12)5-8/h2-5H,1H3,(H,15,18)(H2,13,16,19). The van der Waals surface area contributed by atoms with Crippen LogP contribution in [-0.4, -0.2) is 20.6 Å². The molecule has 0 saturated carbocycles. The first kappa shape index (κ1) is 14.3. The van der Waals surface area contributed by atoms with E-state index in [0.29, 0.717) is 16.3 Å². The highest BCUT2D eigenvalue weighted by atomic mass is 32.1. The zero-order chi connectivity index (χ0) is 14.5. The van der Waals surface area contributed by atoms with Crippen molar-refractivity contribution in [1.29, 1.82) is 0 Å². The van der Waals surface area contributed by atoms with Gasteiger partial charge in [0.2, 0.25) is 0 Å². The molecule has 0 unspecified atom stereocenters. The van der Waals surface area contributed by atoms with Crippen molar-refractivity contribution in [2.24, 2.45) is 0 Å². The third-order valence-electron chi connectivity index (χ3n) is 2.23. The summed E-state index contributed by atoms with van der Waals surface area (Å²) in [5.41, 5.74) is 5.94. The molecule has 0 aliphatic heterocycles. The van der Waals surface area contributed by atoms with Gasteiger partial charge in [-0.2, -0.15) is 0 Å². The van der Waals surface area contributed by atoms with E-state index < -0.39 is 0 Å². The van der Waals surface area contributed by atoms with Crippen LogP contribution in [0.3, 0.4) is 0 Å². The number of rotatable bonds is 2. The normalized spacial score (nSPS) is 9.90. The molecule has 1 aromatic heterocycles. The Morgan fingerprint density at radius 1 is 1.40 bits per heavy atom. The molecule has 1 aromatic carbocycles. The molecular weight excluding hydrogens is 301 g/mol. The molecule has 0 aliphatic rings. The summed E-state index contributed by atoms with van der Waals surface area (Å²) in [7, 11) is 0. The van der Waals surface area contributed by atoms with E-state index in [4.69, 9.17) is 12.2 Å². The minimum atomic E-state index is -0.388. The minimum absolute atomic E-state index is 0.138. The van der Waals surface area contributed by atoms with Crippen LogP contribution < -0.4 is 16.2 Å². The fourth-order valence-electron chi connectivity index (χ4n) is 1.34. The number of hydrazine groups is 1. The third-order valence-corrected chi connectivity index (χ3v) is 3.26. The fraction of sp³-hybridized carbons (Fsp3) is 0.0909. The third kappa shape index (κ3) is 3.68. The van der Waals surface area contributed by atoms with Crippen molar-refractivity contribution in [3.8, 4) is 0 Å². The van der Waals surface area contributed by atoms with Gasteiger partial charge in [-0.25, -0.2) is 4.39 Å². The Bertz CT molecular complexity index is 645. The second-order valence-electron chi connectivity index (χ2n) is 3.73. The predicted octanol–water partition coefficient (Wildman–Crippen LogP) is 1.62. The molecule has 2 rings (SSSR count). The summed E-state index contributed by atoms with van der Waals surface area (Å²) in [6, 6.07) is 5.80. The van der Waals surface area contributed by atoms with Gasteiger partial charge in [0.05, 0.1) is 5.69 Å². The number of anilines is 1. The quantitative estimate of drug-likeness (QED) is 0.578. The smallest absolute Gasteiger partial charge is 0.283 e. The molecule has 9 heteroatoms. The second kappa shape index (κ2) is 6.35. The van der Waals surface area contributed by atoms with Gasteiger partial charge in [0.1, 0.15) is 10.7 Å². The molecule has 3 N–H and O–H groups in total. The molecule has 0 bridgehead atoms. The van der Waals surface area contributed by atoms with E-state index in [9.17, 15) is 9.18 Å². The molecule has 0 saturated heterocycles. The number of carbonyl (C=O) groups is 1. The number of amides is 1. The number of thiocarbonyl (C=S) groups is 1. The van der Waals surface area contributed by atoms with Crippen LogP contribution >= 0.6 is 23.8 Å². The van der Waals surface area contributed by atoms with Crippen molar-refractivity contribution in [2.75, 3.05) is 5.32 Å². The van der Waals surface area contributed by atoms with E-state index >= 15 is 0 Å². The van der Waals surface area contributed by atoms with Crippen LogP contribution in [0.15, 0.2) is 24.3 Å². The van der Waals surface area contributed by atoms with E-state index in [-0.39, 0.29) is 16.8 Å². The van der Waals surface area contributed by atoms with Crippen molar-refractivity contribution >= 4 is 40.5 Å². The van der Waals surface area contributed by atoms with Crippen LogP contribution in [0.25, 0.3) is 0 Å². The lowest BCUT2D eigenvalue weighted by molar-refractivity contribution is 0.0947. The monoisotopic (exact) mass is 311 g/mol. The van der Waals surface area contributed by atoms with E-state index in [1.54, 1.807) is 19.1 Å². The Labute approximate surface area is 123 Å². The maximum atomic E-state index is 13.0. The summed E-state index contributed by atoms with van der Waals surface area (Å²) in [5, 5.41) is 6.61. The van der Waals surface area contributed by atoms with E-state index in [2.05, 4.69) is 25.8 Å². The number of nitrogens with one attached hydrogen (secondary N) is 3. The number of carbonyl (C=O) groups excluding carboxylic acids is 1. The highest BCUT2D eigenvalue weighted by molar-refractivity contribution is 7.80. The van der Waals surface area contributed by atoms with Crippen molar-refractivity contribution in [2.45, 2.75) is 6.92 Å². The number of hydrogen-bond acceptors (Lipinski definition) is 5. The van der Waals surface area contributed by atoms with Gasteiger partial charge in [0.25, 0.3) is 5.91 Å². The Morgan fingerprint density at radius 2 is 2.20 bits per heavy atom. The fourth-order valence-corrected chi connectivity index (χ4v) is 2.06. The molecule has 0 aliphatic carbocycles. The van der Waals surface area contributed by atoms with Crippen LogP contribution in [0.1, 0.15) is 15.4 Å². The highest BCUT2D eigenvalue weighted by Gasteiger charge is 2.12. The number of aromatic nitrogens is 2. The van der Waals surface area contributed by atoms with Crippen molar-refractivity contribution < 1.29 is 9.18 Å². The topological polar surface area (TPSA) is 78.9 Å². The van der Waals surface area contributed by atoms with Crippen molar-refractivity contribution in [3.05, 3.63) is 40.7 Å². The first-order chi connectivity index (χ1) is 9.56. The number of aryl methyl sites for hydroxylation is 1. The van der Waals surface area contributed by atoms with Crippen LogP contribution in [0.4, 0.5) is 10.1 Å². The number of hydrogen-bond donors (Lipinski definition) is 3. The Morgan fingerprint density at radius 3 is 2.85 bits per heavy atom. The summed E-state index contributed by atoms with van der Waals surface area (Å²) in [6.45, 7) is 1.68. The molecule has 104 valence electrons. The molecule has 0 radical (unpaired) electrons. The lowest BCUT2D eigenvalue weighted by atomic mass is 10.3. The average molecular weight is 311 g/mol. The van der Waals surface area contributed by atoms with Crippen LogP contribution in [0.5, 0.6) is 0 Å². The van der Waals surface area contributed by atoms with Gasteiger partial charge < -0.3 is 5.32 Å². The molecule has 2 aromatic rings. The van der Waals surface area contributed by atoms with Gasteiger partial charge in [-0.15, -0.1) is 5.10 Å².